The van der Waals surface area contributed by atoms with Crippen LogP contribution in [0.4, 0.5) is 5.82 Å². The van der Waals surface area contributed by atoms with Crippen LogP contribution in [0.5, 0.6) is 0 Å². The van der Waals surface area contributed by atoms with Gasteiger partial charge in [-0.3, -0.25) is 19.1 Å². The molecule has 3 unspecified atom stereocenters. The zero-order valence-electron chi connectivity index (χ0n) is 22.3. The molecule has 2 aliphatic heterocycles. The molecule has 2 saturated heterocycles. The van der Waals surface area contributed by atoms with Gasteiger partial charge >= 0.3 is 0 Å². The Morgan fingerprint density at radius 2 is 1.89 bits per heavy atom. The van der Waals surface area contributed by atoms with Gasteiger partial charge < -0.3 is 9.64 Å². The molecular formula is C27H38N4O3S2. The van der Waals surface area contributed by atoms with Gasteiger partial charge in [0, 0.05) is 31.7 Å². The van der Waals surface area contributed by atoms with Crippen LogP contribution in [0.25, 0.3) is 6.08 Å². The quantitative estimate of drug-likeness (QED) is 0.325. The number of morpholine rings is 1. The molecule has 1 aromatic heterocycles. The number of carbonyl (C=O) groups is 1. The van der Waals surface area contributed by atoms with E-state index in [-0.39, 0.29) is 29.2 Å². The van der Waals surface area contributed by atoms with E-state index >= 15 is 0 Å². The number of anilines is 1. The summed E-state index contributed by atoms with van der Waals surface area (Å²) in [4.78, 5) is 31.2. The topological polar surface area (TPSA) is 78.6 Å². The summed E-state index contributed by atoms with van der Waals surface area (Å²) in [6.45, 7) is 14.3. The summed E-state index contributed by atoms with van der Waals surface area (Å²) in [6.07, 6.45) is 6.16. The number of nitriles is 1. The Morgan fingerprint density at radius 3 is 2.44 bits per heavy atom. The van der Waals surface area contributed by atoms with Crippen LogP contribution in [0.1, 0.15) is 77.0 Å². The summed E-state index contributed by atoms with van der Waals surface area (Å²) >= 11 is 6.93. The fraction of sp³-hybridized carbons (Fsp3) is 0.630. The fourth-order valence-corrected chi connectivity index (χ4v) is 6.35. The van der Waals surface area contributed by atoms with Gasteiger partial charge in [-0.05, 0) is 51.7 Å². The van der Waals surface area contributed by atoms with Crippen molar-refractivity contribution in [3.05, 3.63) is 31.9 Å². The van der Waals surface area contributed by atoms with Gasteiger partial charge in [-0.1, -0.05) is 57.1 Å². The lowest BCUT2D eigenvalue weighted by molar-refractivity contribution is -0.122. The number of unbranched alkanes of at least 4 members (excludes halogenated alkanes) is 1. The minimum atomic E-state index is -0.300. The zero-order chi connectivity index (χ0) is 26.6. The van der Waals surface area contributed by atoms with Crippen LogP contribution in [0, 0.1) is 24.2 Å². The number of hydrogen-bond donors (Lipinski definition) is 0. The Kier molecular flexibility index (Phi) is 9.79. The van der Waals surface area contributed by atoms with Crippen molar-refractivity contribution in [3.63, 3.8) is 0 Å². The lowest BCUT2D eigenvalue weighted by Gasteiger charge is -2.39. The number of rotatable bonds is 9. The number of nitrogens with zero attached hydrogens (tertiary/aromatic N) is 4. The molecule has 1 aromatic rings. The van der Waals surface area contributed by atoms with E-state index in [9.17, 15) is 14.9 Å². The van der Waals surface area contributed by atoms with E-state index in [2.05, 4.69) is 24.8 Å². The van der Waals surface area contributed by atoms with Gasteiger partial charge in [-0.15, -0.1) is 0 Å². The molecule has 0 saturated carbocycles. The highest BCUT2D eigenvalue weighted by Gasteiger charge is 2.35. The van der Waals surface area contributed by atoms with Crippen LogP contribution in [-0.4, -0.2) is 51.5 Å². The third kappa shape index (κ3) is 5.87. The minimum absolute atomic E-state index is 0.00901. The number of pyridine rings is 1. The molecule has 36 heavy (non-hydrogen) atoms. The van der Waals surface area contributed by atoms with Crippen LogP contribution < -0.4 is 10.5 Å². The zero-order valence-corrected chi connectivity index (χ0v) is 23.9. The summed E-state index contributed by atoms with van der Waals surface area (Å²) in [6, 6.07) is 2.10. The normalized spacial score (nSPS) is 22.4. The summed E-state index contributed by atoms with van der Waals surface area (Å²) in [7, 11) is 0. The monoisotopic (exact) mass is 530 g/mol. The Labute approximate surface area is 224 Å². The SMILES string of the molecule is CCCCC(CC)CN1C(=O)/C(=C/c2c(C)c(C#N)c(=O)n(CC)c2N2CC(C)OC(C)C2)SC1=S. The maximum Gasteiger partial charge on any atom is 0.270 e. The molecule has 0 N–H and O–H groups in total. The molecule has 0 aliphatic carbocycles. The van der Waals surface area contributed by atoms with Gasteiger partial charge in [0.2, 0.25) is 0 Å². The average Bonchev–Trinajstić information content (AvgIpc) is 3.09. The van der Waals surface area contributed by atoms with Crippen molar-refractivity contribution in [1.82, 2.24) is 9.47 Å². The second-order valence-electron chi connectivity index (χ2n) is 9.77. The van der Waals surface area contributed by atoms with Crippen LogP contribution in [0.3, 0.4) is 0 Å². The lowest BCUT2D eigenvalue weighted by atomic mass is 9.99. The van der Waals surface area contributed by atoms with E-state index < -0.39 is 0 Å². The molecule has 0 radical (unpaired) electrons. The molecule has 3 rings (SSSR count). The molecule has 1 amide bonds. The molecule has 0 bridgehead atoms. The van der Waals surface area contributed by atoms with E-state index in [0.717, 1.165) is 37.1 Å². The van der Waals surface area contributed by atoms with Gasteiger partial charge in [0.25, 0.3) is 11.5 Å². The Hall–Kier alpha value is -2.15. The first-order valence-electron chi connectivity index (χ1n) is 13.0. The second kappa shape index (κ2) is 12.4. The number of carbonyl (C=O) groups excluding carboxylic acids is 1. The van der Waals surface area contributed by atoms with E-state index in [1.165, 1.54) is 11.8 Å². The summed E-state index contributed by atoms with van der Waals surface area (Å²) in [5.74, 6) is 1.05. The molecule has 0 aromatic carbocycles. The first-order valence-corrected chi connectivity index (χ1v) is 14.2. The third-order valence-electron chi connectivity index (χ3n) is 7.01. The largest absolute Gasteiger partial charge is 0.372 e. The van der Waals surface area contributed by atoms with E-state index in [1.54, 1.807) is 16.4 Å². The number of aromatic nitrogens is 1. The number of amides is 1. The lowest BCUT2D eigenvalue weighted by Crippen LogP contribution is -2.48. The molecule has 3 heterocycles. The Morgan fingerprint density at radius 1 is 1.22 bits per heavy atom. The molecule has 3 atom stereocenters. The molecule has 196 valence electrons. The van der Waals surface area contributed by atoms with Crippen LogP contribution in [-0.2, 0) is 16.1 Å². The molecule has 9 heteroatoms. The number of hydrogen-bond acceptors (Lipinski definition) is 7. The first-order chi connectivity index (χ1) is 17.2. The molecule has 0 spiro atoms. The molecule has 2 fully saturated rings. The van der Waals surface area contributed by atoms with Crippen LogP contribution >= 0.6 is 24.0 Å². The molecular weight excluding hydrogens is 492 g/mol. The predicted molar refractivity (Wildman–Crippen MR) is 151 cm³/mol. The summed E-state index contributed by atoms with van der Waals surface area (Å²) in [5.41, 5.74) is 1.13. The highest BCUT2D eigenvalue weighted by Crippen LogP contribution is 2.37. The maximum atomic E-state index is 13.5. The number of ether oxygens (including phenoxy) is 1. The van der Waals surface area contributed by atoms with E-state index in [4.69, 9.17) is 17.0 Å². The van der Waals surface area contributed by atoms with Gasteiger partial charge in [-0.25, -0.2) is 0 Å². The van der Waals surface area contributed by atoms with Crippen molar-refractivity contribution in [3.8, 4) is 6.07 Å². The fourth-order valence-electron chi connectivity index (χ4n) is 5.09. The van der Waals surface area contributed by atoms with E-state index in [1.807, 2.05) is 26.8 Å². The first kappa shape index (κ1) is 28.4. The van der Waals surface area contributed by atoms with Crippen molar-refractivity contribution < 1.29 is 9.53 Å². The standard InChI is InChI=1S/C27H38N4O3S2/c1-7-10-11-20(8-2)16-31-26(33)23(36-27(31)35)12-21-19(6)22(13-28)25(32)30(9-3)24(21)29-14-17(4)34-18(5)15-29/h12,17-18,20H,7-11,14-16H2,1-6H3/b23-12-. The van der Waals surface area contributed by atoms with Gasteiger partial charge in [-0.2, -0.15) is 5.26 Å². The number of thiocarbonyl (C=S) groups is 1. The van der Waals surface area contributed by atoms with Crippen molar-refractivity contribution >= 4 is 46.1 Å². The minimum Gasteiger partial charge on any atom is -0.372 e. The van der Waals surface area contributed by atoms with Crippen molar-refractivity contribution in [2.24, 2.45) is 5.92 Å². The van der Waals surface area contributed by atoms with Crippen molar-refractivity contribution in [1.29, 1.82) is 5.26 Å². The number of thioether (sulfide) groups is 1. The van der Waals surface area contributed by atoms with Crippen molar-refractivity contribution in [2.75, 3.05) is 24.5 Å². The van der Waals surface area contributed by atoms with E-state index in [0.29, 0.717) is 46.9 Å². The summed E-state index contributed by atoms with van der Waals surface area (Å²) in [5, 5.41) is 9.80. The molecule has 2 aliphatic rings. The van der Waals surface area contributed by atoms with Crippen LogP contribution in [0.2, 0.25) is 0 Å². The Balaban J connectivity index is 2.10. The van der Waals surface area contributed by atoms with Gasteiger partial charge in [0.15, 0.2) is 0 Å². The van der Waals surface area contributed by atoms with Gasteiger partial charge in [0.05, 0.1) is 17.1 Å². The third-order valence-corrected chi connectivity index (χ3v) is 8.39. The van der Waals surface area contributed by atoms with Crippen LogP contribution in [0.15, 0.2) is 9.70 Å². The molecule has 7 nitrogen and oxygen atoms in total. The second-order valence-corrected chi connectivity index (χ2v) is 11.4. The van der Waals surface area contributed by atoms with Gasteiger partial charge in [0.1, 0.15) is 21.8 Å². The predicted octanol–water partition coefficient (Wildman–Crippen LogP) is 5.08. The average molecular weight is 531 g/mol. The highest BCUT2D eigenvalue weighted by molar-refractivity contribution is 8.26. The Bertz CT molecular complexity index is 1130. The summed E-state index contributed by atoms with van der Waals surface area (Å²) < 4.78 is 8.15. The highest BCUT2D eigenvalue weighted by atomic mass is 32.2. The maximum absolute atomic E-state index is 13.5. The van der Waals surface area contributed by atoms with Crippen molar-refractivity contribution in [2.45, 2.75) is 86.0 Å². The smallest absolute Gasteiger partial charge is 0.270 e.